The van der Waals surface area contributed by atoms with Crippen molar-refractivity contribution < 1.29 is 17.6 Å². The summed E-state index contributed by atoms with van der Waals surface area (Å²) in [5, 5.41) is 10.4. The van der Waals surface area contributed by atoms with Gasteiger partial charge in [0.1, 0.15) is 0 Å². The van der Waals surface area contributed by atoms with E-state index in [9.17, 15) is 13.2 Å². The summed E-state index contributed by atoms with van der Waals surface area (Å²) in [7, 11) is -2.23. The SMILES string of the molecule is Cc1ccc(S(=O)(=O)N(C)c2ccc(C(=O)Nc3cc(-c4nnco4)ccc3C)cc2)cc1. The van der Waals surface area contributed by atoms with Gasteiger partial charge in [-0.3, -0.25) is 9.10 Å². The number of benzene rings is 3. The van der Waals surface area contributed by atoms with Crippen LogP contribution < -0.4 is 9.62 Å². The lowest BCUT2D eigenvalue weighted by atomic mass is 10.1. The first kappa shape index (κ1) is 22.2. The highest BCUT2D eigenvalue weighted by atomic mass is 32.2. The predicted octanol–water partition coefficient (Wildman–Crippen LogP) is 4.43. The van der Waals surface area contributed by atoms with Crippen LogP contribution in [0.4, 0.5) is 11.4 Å². The van der Waals surface area contributed by atoms with E-state index in [1.807, 2.05) is 26.0 Å². The lowest BCUT2D eigenvalue weighted by Crippen LogP contribution is -2.26. The largest absolute Gasteiger partial charge is 0.423 e. The molecule has 1 aromatic heterocycles. The van der Waals surface area contributed by atoms with Crippen molar-refractivity contribution in [1.29, 1.82) is 0 Å². The number of aromatic nitrogens is 2. The van der Waals surface area contributed by atoms with Gasteiger partial charge in [0.25, 0.3) is 15.9 Å². The number of carbonyl (C=O) groups excluding carboxylic acids is 1. The second-order valence-corrected chi connectivity index (χ2v) is 9.53. The van der Waals surface area contributed by atoms with Crippen LogP contribution in [0.15, 0.2) is 82.4 Å². The minimum Gasteiger partial charge on any atom is -0.423 e. The highest BCUT2D eigenvalue weighted by Crippen LogP contribution is 2.26. The molecule has 0 saturated carbocycles. The third kappa shape index (κ3) is 4.63. The molecule has 4 aromatic rings. The fourth-order valence-electron chi connectivity index (χ4n) is 3.21. The Morgan fingerprint density at radius 1 is 0.970 bits per heavy atom. The molecule has 0 aliphatic carbocycles. The van der Waals surface area contributed by atoms with Crippen molar-refractivity contribution in [1.82, 2.24) is 10.2 Å². The molecule has 0 atom stereocenters. The van der Waals surface area contributed by atoms with Crippen molar-refractivity contribution >= 4 is 27.3 Å². The molecule has 0 saturated heterocycles. The summed E-state index contributed by atoms with van der Waals surface area (Å²) < 4.78 is 32.2. The van der Waals surface area contributed by atoms with Crippen molar-refractivity contribution in [2.24, 2.45) is 0 Å². The number of hydrogen-bond donors (Lipinski definition) is 1. The van der Waals surface area contributed by atoms with E-state index < -0.39 is 10.0 Å². The highest BCUT2D eigenvalue weighted by molar-refractivity contribution is 7.92. The van der Waals surface area contributed by atoms with Gasteiger partial charge in [-0.1, -0.05) is 23.8 Å². The zero-order valence-corrected chi connectivity index (χ0v) is 19.1. The number of sulfonamides is 1. The van der Waals surface area contributed by atoms with Crippen molar-refractivity contribution in [3.05, 3.63) is 89.8 Å². The molecule has 0 radical (unpaired) electrons. The number of aryl methyl sites for hydroxylation is 2. The summed E-state index contributed by atoms with van der Waals surface area (Å²) in [5.41, 5.74) is 3.98. The molecular formula is C24H22N4O4S. The van der Waals surface area contributed by atoms with Crippen LogP contribution in [-0.4, -0.2) is 31.6 Å². The number of amides is 1. The Kier molecular flexibility index (Phi) is 5.97. The van der Waals surface area contributed by atoms with Crippen LogP contribution in [0.25, 0.3) is 11.5 Å². The quantitative estimate of drug-likeness (QED) is 0.454. The molecule has 0 fully saturated rings. The normalized spacial score (nSPS) is 11.2. The van der Waals surface area contributed by atoms with Gasteiger partial charge in [-0.2, -0.15) is 0 Å². The number of hydrogen-bond acceptors (Lipinski definition) is 6. The van der Waals surface area contributed by atoms with E-state index in [1.165, 1.54) is 17.7 Å². The number of nitrogens with zero attached hydrogens (tertiary/aromatic N) is 3. The second-order valence-electron chi connectivity index (χ2n) is 7.56. The van der Waals surface area contributed by atoms with Crippen molar-refractivity contribution in [3.63, 3.8) is 0 Å². The maximum atomic E-state index is 12.9. The summed E-state index contributed by atoms with van der Waals surface area (Å²) in [4.78, 5) is 13.0. The van der Waals surface area contributed by atoms with E-state index in [0.29, 0.717) is 28.4 Å². The predicted molar refractivity (Wildman–Crippen MR) is 126 cm³/mol. The van der Waals surface area contributed by atoms with Gasteiger partial charge in [-0.15, -0.1) is 10.2 Å². The van der Waals surface area contributed by atoms with E-state index in [2.05, 4.69) is 15.5 Å². The molecule has 1 amide bonds. The summed E-state index contributed by atoms with van der Waals surface area (Å²) in [6.45, 7) is 3.77. The first-order valence-electron chi connectivity index (χ1n) is 10.1. The minimum absolute atomic E-state index is 0.203. The molecule has 3 aromatic carbocycles. The van der Waals surface area contributed by atoms with Gasteiger partial charge in [0.05, 0.1) is 10.6 Å². The number of anilines is 2. The van der Waals surface area contributed by atoms with E-state index in [-0.39, 0.29) is 10.8 Å². The Morgan fingerprint density at radius 3 is 2.30 bits per heavy atom. The fraction of sp³-hybridized carbons (Fsp3) is 0.125. The molecule has 0 unspecified atom stereocenters. The van der Waals surface area contributed by atoms with Crippen LogP contribution in [0.5, 0.6) is 0 Å². The van der Waals surface area contributed by atoms with Crippen LogP contribution in [-0.2, 0) is 10.0 Å². The molecule has 8 nitrogen and oxygen atoms in total. The minimum atomic E-state index is -3.71. The van der Waals surface area contributed by atoms with Crippen LogP contribution in [0.2, 0.25) is 0 Å². The average Bonchev–Trinajstić information content (AvgIpc) is 3.35. The molecule has 0 aliphatic rings. The Morgan fingerprint density at radius 2 is 1.67 bits per heavy atom. The monoisotopic (exact) mass is 462 g/mol. The van der Waals surface area contributed by atoms with Gasteiger partial charge < -0.3 is 9.73 Å². The van der Waals surface area contributed by atoms with Crippen molar-refractivity contribution in [2.45, 2.75) is 18.7 Å². The molecule has 1 N–H and O–H groups in total. The van der Waals surface area contributed by atoms with Gasteiger partial charge in [0.15, 0.2) is 0 Å². The molecular weight excluding hydrogens is 440 g/mol. The first-order valence-corrected chi connectivity index (χ1v) is 11.5. The maximum Gasteiger partial charge on any atom is 0.264 e. The topological polar surface area (TPSA) is 105 Å². The Labute approximate surface area is 191 Å². The third-order valence-corrected chi connectivity index (χ3v) is 7.07. The van der Waals surface area contributed by atoms with Gasteiger partial charge >= 0.3 is 0 Å². The smallest absolute Gasteiger partial charge is 0.264 e. The summed E-state index contributed by atoms with van der Waals surface area (Å²) in [6, 6.07) is 18.5. The van der Waals surface area contributed by atoms with E-state index in [4.69, 9.17) is 4.42 Å². The molecule has 9 heteroatoms. The Balaban J connectivity index is 1.52. The number of nitrogens with one attached hydrogen (secondary N) is 1. The third-order valence-electron chi connectivity index (χ3n) is 5.27. The summed E-state index contributed by atoms with van der Waals surface area (Å²) in [6.07, 6.45) is 1.24. The van der Waals surface area contributed by atoms with Gasteiger partial charge in [-0.05, 0) is 67.9 Å². The molecule has 1 heterocycles. The molecule has 0 aliphatic heterocycles. The van der Waals surface area contributed by atoms with Crippen LogP contribution >= 0.6 is 0 Å². The summed E-state index contributed by atoms with van der Waals surface area (Å²) >= 11 is 0. The van der Waals surface area contributed by atoms with Gasteiger partial charge in [0, 0.05) is 23.9 Å². The van der Waals surface area contributed by atoms with Crippen molar-refractivity contribution in [2.75, 3.05) is 16.7 Å². The molecule has 0 spiro atoms. The Hall–Kier alpha value is -3.98. The molecule has 33 heavy (non-hydrogen) atoms. The van der Waals surface area contributed by atoms with Gasteiger partial charge in [-0.25, -0.2) is 8.42 Å². The van der Waals surface area contributed by atoms with Crippen molar-refractivity contribution in [3.8, 4) is 11.5 Å². The lowest BCUT2D eigenvalue weighted by Gasteiger charge is -2.20. The van der Waals surface area contributed by atoms with E-state index >= 15 is 0 Å². The van der Waals surface area contributed by atoms with Crippen LogP contribution in [0.3, 0.4) is 0 Å². The molecule has 168 valence electrons. The number of rotatable bonds is 6. The number of carbonyl (C=O) groups is 1. The standard InChI is InChI=1S/C24H22N4O4S/c1-16-4-12-21(13-5-16)33(30,31)28(3)20-10-8-18(9-11-20)23(29)26-22-14-19(7-6-17(22)2)24-27-25-15-32-24/h4-15H,1-3H3,(H,26,29). The lowest BCUT2D eigenvalue weighted by molar-refractivity contribution is 0.102. The first-order chi connectivity index (χ1) is 15.8. The summed E-state index contributed by atoms with van der Waals surface area (Å²) in [5.74, 6) is 0.0315. The average molecular weight is 463 g/mol. The van der Waals surface area contributed by atoms with Gasteiger partial charge in [0.2, 0.25) is 12.3 Å². The van der Waals surface area contributed by atoms with E-state index in [0.717, 1.165) is 11.1 Å². The zero-order chi connectivity index (χ0) is 23.6. The van der Waals surface area contributed by atoms with E-state index in [1.54, 1.807) is 54.6 Å². The van der Waals surface area contributed by atoms with Crippen LogP contribution in [0, 0.1) is 13.8 Å². The molecule has 4 rings (SSSR count). The second kappa shape index (κ2) is 8.87. The fourth-order valence-corrected chi connectivity index (χ4v) is 4.41. The molecule has 0 bridgehead atoms. The highest BCUT2D eigenvalue weighted by Gasteiger charge is 2.21. The maximum absolute atomic E-state index is 12.9. The van der Waals surface area contributed by atoms with Crippen LogP contribution in [0.1, 0.15) is 21.5 Å². The zero-order valence-electron chi connectivity index (χ0n) is 18.3. The Bertz CT molecular complexity index is 1380.